The van der Waals surface area contributed by atoms with Crippen molar-refractivity contribution in [2.45, 2.75) is 19.0 Å². The van der Waals surface area contributed by atoms with E-state index in [2.05, 4.69) is 0 Å². The van der Waals surface area contributed by atoms with Crippen LogP contribution in [0.15, 0.2) is 18.2 Å². The summed E-state index contributed by atoms with van der Waals surface area (Å²) < 4.78 is 40.7. The highest BCUT2D eigenvalue weighted by atomic mass is 19.4. The summed E-state index contributed by atoms with van der Waals surface area (Å²) in [4.78, 5) is 10.7. The van der Waals surface area contributed by atoms with Crippen molar-refractivity contribution in [2.75, 3.05) is 6.61 Å². The van der Waals surface area contributed by atoms with Crippen LogP contribution >= 0.6 is 0 Å². The number of hydrogen-bond donors (Lipinski definition) is 1. The molecule has 7 heteroatoms. The molecule has 0 unspecified atom stereocenters. The van der Waals surface area contributed by atoms with Gasteiger partial charge in [0.2, 0.25) is 0 Å². The van der Waals surface area contributed by atoms with E-state index >= 15 is 0 Å². The number of carbonyl (C=O) groups is 1. The van der Waals surface area contributed by atoms with E-state index in [-0.39, 0.29) is 29.9 Å². The predicted octanol–water partition coefficient (Wildman–Crippen LogP) is 2.98. The van der Waals surface area contributed by atoms with Gasteiger partial charge in [-0.3, -0.25) is 0 Å². The molecule has 0 aliphatic heterocycles. The van der Waals surface area contributed by atoms with Gasteiger partial charge in [-0.25, -0.2) is 4.79 Å². The number of benzene rings is 1. The molecule has 4 nitrogen and oxygen atoms in total. The van der Waals surface area contributed by atoms with Crippen LogP contribution in [0.25, 0.3) is 0 Å². The maximum absolute atomic E-state index is 11.9. The van der Waals surface area contributed by atoms with Gasteiger partial charge in [0.15, 0.2) is 0 Å². The number of nitriles is 1. The fraction of sp³-hybridized carbons (Fsp3) is 0.333. The zero-order chi connectivity index (χ0) is 14.5. The maximum atomic E-state index is 11.9. The molecule has 0 amide bonds. The molecule has 0 aromatic heterocycles. The molecule has 1 aromatic carbocycles. The van der Waals surface area contributed by atoms with Gasteiger partial charge in [-0.05, 0) is 24.6 Å². The number of carboxylic acids is 1. The van der Waals surface area contributed by atoms with Crippen molar-refractivity contribution in [3.8, 4) is 11.8 Å². The number of carboxylic acid groups (broad SMARTS) is 1. The smallest absolute Gasteiger partial charge is 0.389 e. The minimum absolute atomic E-state index is 0.0214. The summed E-state index contributed by atoms with van der Waals surface area (Å²) in [5.74, 6) is -1.12. The first-order valence-corrected chi connectivity index (χ1v) is 5.30. The van der Waals surface area contributed by atoms with Gasteiger partial charge in [-0.15, -0.1) is 0 Å². The Bertz CT molecular complexity index is 506. The van der Waals surface area contributed by atoms with Gasteiger partial charge in [-0.1, -0.05) is 0 Å². The summed E-state index contributed by atoms with van der Waals surface area (Å²) in [6.45, 7) is -0.194. The molecular weight excluding hydrogens is 263 g/mol. The molecule has 1 N–H and O–H groups in total. The Morgan fingerprint density at radius 2 is 2.11 bits per heavy atom. The number of halogens is 3. The van der Waals surface area contributed by atoms with Crippen LogP contribution in [0.1, 0.15) is 28.8 Å². The van der Waals surface area contributed by atoms with Crippen LogP contribution in [0, 0.1) is 11.3 Å². The summed E-state index contributed by atoms with van der Waals surface area (Å²) in [6.07, 6.45) is -5.44. The van der Waals surface area contributed by atoms with Crippen molar-refractivity contribution in [3.05, 3.63) is 29.3 Å². The Morgan fingerprint density at radius 1 is 1.42 bits per heavy atom. The first-order valence-electron chi connectivity index (χ1n) is 5.30. The Morgan fingerprint density at radius 3 is 2.63 bits per heavy atom. The highest BCUT2D eigenvalue weighted by Gasteiger charge is 2.26. The molecule has 0 atom stereocenters. The van der Waals surface area contributed by atoms with E-state index in [0.29, 0.717) is 0 Å². The molecule has 0 heterocycles. The minimum Gasteiger partial charge on any atom is -0.492 e. The summed E-state index contributed by atoms with van der Waals surface area (Å²) in [6, 6.07) is 5.33. The van der Waals surface area contributed by atoms with Crippen molar-refractivity contribution < 1.29 is 27.8 Å². The Kier molecular flexibility index (Phi) is 4.75. The lowest BCUT2D eigenvalue weighted by molar-refractivity contribution is -0.136. The number of aromatic carboxylic acids is 1. The molecule has 0 fully saturated rings. The lowest BCUT2D eigenvalue weighted by Crippen LogP contribution is -2.10. The van der Waals surface area contributed by atoms with E-state index in [4.69, 9.17) is 15.1 Å². The second kappa shape index (κ2) is 6.09. The van der Waals surface area contributed by atoms with E-state index in [1.54, 1.807) is 6.07 Å². The van der Waals surface area contributed by atoms with E-state index in [1.807, 2.05) is 0 Å². The highest BCUT2D eigenvalue weighted by molar-refractivity contribution is 5.88. The van der Waals surface area contributed by atoms with Gasteiger partial charge in [0.25, 0.3) is 0 Å². The Hall–Kier alpha value is -2.23. The SMILES string of the molecule is N#Cc1cc(C(=O)O)ccc1OCCCC(F)(F)F. The molecule has 1 rings (SSSR count). The fourth-order valence-corrected chi connectivity index (χ4v) is 1.33. The molecule has 102 valence electrons. The van der Waals surface area contributed by atoms with Gasteiger partial charge in [-0.2, -0.15) is 18.4 Å². The first-order chi connectivity index (χ1) is 8.83. The topological polar surface area (TPSA) is 70.3 Å². The number of alkyl halides is 3. The number of hydrogen-bond acceptors (Lipinski definition) is 3. The van der Waals surface area contributed by atoms with Crippen LogP contribution in [0.4, 0.5) is 13.2 Å². The number of ether oxygens (including phenoxy) is 1. The summed E-state index contributed by atoms with van der Waals surface area (Å²) in [5, 5.41) is 17.5. The van der Waals surface area contributed by atoms with Crippen LogP contribution in [-0.4, -0.2) is 23.9 Å². The first kappa shape index (κ1) is 14.8. The van der Waals surface area contributed by atoms with E-state index in [0.717, 1.165) is 6.07 Å². The van der Waals surface area contributed by atoms with E-state index < -0.39 is 18.6 Å². The van der Waals surface area contributed by atoms with Gasteiger partial charge >= 0.3 is 12.1 Å². The molecule has 0 spiro atoms. The Labute approximate surface area is 107 Å². The standard InChI is InChI=1S/C12H10F3NO3/c13-12(14,15)4-1-5-19-10-3-2-8(11(17)18)6-9(10)7-16/h2-3,6H,1,4-5H2,(H,17,18). The van der Waals surface area contributed by atoms with Crippen LogP contribution in [0.5, 0.6) is 5.75 Å². The van der Waals surface area contributed by atoms with Crippen LogP contribution < -0.4 is 4.74 Å². The largest absolute Gasteiger partial charge is 0.492 e. The lowest BCUT2D eigenvalue weighted by Gasteiger charge is -2.09. The molecule has 0 aliphatic carbocycles. The third-order valence-electron chi connectivity index (χ3n) is 2.21. The zero-order valence-electron chi connectivity index (χ0n) is 9.70. The summed E-state index contributed by atoms with van der Waals surface area (Å²) in [5.41, 5.74) is -0.105. The molecular formula is C12H10F3NO3. The second-order valence-electron chi connectivity index (χ2n) is 3.70. The third-order valence-corrected chi connectivity index (χ3v) is 2.21. The maximum Gasteiger partial charge on any atom is 0.389 e. The average molecular weight is 273 g/mol. The predicted molar refractivity (Wildman–Crippen MR) is 58.9 cm³/mol. The van der Waals surface area contributed by atoms with Gasteiger partial charge < -0.3 is 9.84 Å². The van der Waals surface area contributed by atoms with Gasteiger partial charge in [0.05, 0.1) is 17.7 Å². The normalized spacial score (nSPS) is 10.8. The van der Waals surface area contributed by atoms with E-state index in [1.165, 1.54) is 12.1 Å². The quantitative estimate of drug-likeness (QED) is 0.837. The van der Waals surface area contributed by atoms with Crippen LogP contribution in [-0.2, 0) is 0 Å². The summed E-state index contributed by atoms with van der Waals surface area (Å²) in [7, 11) is 0. The average Bonchev–Trinajstić information content (AvgIpc) is 2.33. The molecule has 0 aliphatic rings. The highest BCUT2D eigenvalue weighted by Crippen LogP contribution is 2.23. The molecule has 0 saturated heterocycles. The molecule has 1 aromatic rings. The van der Waals surface area contributed by atoms with Crippen molar-refractivity contribution >= 4 is 5.97 Å². The third kappa shape index (κ3) is 4.87. The van der Waals surface area contributed by atoms with Gasteiger partial charge in [0.1, 0.15) is 11.8 Å². The monoisotopic (exact) mass is 273 g/mol. The van der Waals surface area contributed by atoms with Crippen LogP contribution in [0.2, 0.25) is 0 Å². The van der Waals surface area contributed by atoms with Crippen molar-refractivity contribution in [1.82, 2.24) is 0 Å². The molecule has 0 saturated carbocycles. The molecule has 0 bridgehead atoms. The van der Waals surface area contributed by atoms with Crippen LogP contribution in [0.3, 0.4) is 0 Å². The number of nitrogens with zero attached hydrogens (tertiary/aromatic N) is 1. The lowest BCUT2D eigenvalue weighted by atomic mass is 10.1. The molecule has 19 heavy (non-hydrogen) atoms. The van der Waals surface area contributed by atoms with Crippen molar-refractivity contribution in [2.24, 2.45) is 0 Å². The number of rotatable bonds is 5. The Balaban J connectivity index is 2.64. The molecule has 0 radical (unpaired) electrons. The second-order valence-corrected chi connectivity index (χ2v) is 3.70. The summed E-state index contributed by atoms with van der Waals surface area (Å²) >= 11 is 0. The van der Waals surface area contributed by atoms with Crippen molar-refractivity contribution in [3.63, 3.8) is 0 Å². The van der Waals surface area contributed by atoms with Gasteiger partial charge in [0, 0.05) is 6.42 Å². The van der Waals surface area contributed by atoms with Crippen molar-refractivity contribution in [1.29, 1.82) is 5.26 Å². The fourth-order valence-electron chi connectivity index (χ4n) is 1.33. The zero-order valence-corrected chi connectivity index (χ0v) is 9.70. The van der Waals surface area contributed by atoms with E-state index in [9.17, 15) is 18.0 Å². The minimum atomic E-state index is -4.24.